The van der Waals surface area contributed by atoms with Crippen LogP contribution < -0.4 is 20.9 Å². The van der Waals surface area contributed by atoms with Crippen molar-refractivity contribution in [2.45, 2.75) is 37.9 Å². The van der Waals surface area contributed by atoms with Crippen molar-refractivity contribution in [3.8, 4) is 11.5 Å². The molecule has 0 saturated heterocycles. The van der Waals surface area contributed by atoms with Gasteiger partial charge in [0.2, 0.25) is 0 Å². The van der Waals surface area contributed by atoms with Gasteiger partial charge in [-0.05, 0) is 71.5 Å². The molecule has 0 aliphatic carbocycles. The Balaban J connectivity index is 1.32. The van der Waals surface area contributed by atoms with E-state index in [1.54, 1.807) is 0 Å². The summed E-state index contributed by atoms with van der Waals surface area (Å²) in [5.41, 5.74) is 11.1. The Labute approximate surface area is 198 Å². The summed E-state index contributed by atoms with van der Waals surface area (Å²) in [5, 5.41) is 4.24. The number of fused-ring (bicyclic) bond motifs is 2. The van der Waals surface area contributed by atoms with Crippen LogP contribution in [0.4, 0.5) is 0 Å². The first kappa shape index (κ1) is 23.1. The number of amides is 2. The van der Waals surface area contributed by atoms with E-state index in [0.717, 1.165) is 21.5 Å². The summed E-state index contributed by atoms with van der Waals surface area (Å²) >= 11 is 0. The molecule has 4 N–H and O–H groups in total. The molecule has 0 fully saturated rings. The molecule has 4 rings (SSSR count). The van der Waals surface area contributed by atoms with E-state index in [2.05, 4.69) is 0 Å². The van der Waals surface area contributed by atoms with Crippen LogP contribution in [0.3, 0.4) is 0 Å². The maximum Gasteiger partial charge on any atom is 0.258 e. The van der Waals surface area contributed by atoms with Crippen LogP contribution >= 0.6 is 0 Å². The Morgan fingerprint density at radius 2 is 0.971 bits per heavy atom. The normalized spacial score (nSPS) is 12.8. The summed E-state index contributed by atoms with van der Waals surface area (Å²) in [7, 11) is 0. The zero-order chi connectivity index (χ0) is 23.9. The number of hydrogen-bond donors (Lipinski definition) is 2. The smallest absolute Gasteiger partial charge is 0.258 e. The molecule has 2 unspecified atom stereocenters. The van der Waals surface area contributed by atoms with Crippen molar-refractivity contribution in [1.82, 2.24) is 0 Å². The summed E-state index contributed by atoms with van der Waals surface area (Å²) in [5.74, 6) is 0.147. The Bertz CT molecular complexity index is 1200. The molecule has 34 heavy (non-hydrogen) atoms. The lowest BCUT2D eigenvalue weighted by Gasteiger charge is -2.18. The highest BCUT2D eigenvalue weighted by atomic mass is 16.5. The predicted octanol–water partition coefficient (Wildman–Crippen LogP) is 4.72. The number of hydrogen-bond acceptors (Lipinski definition) is 4. The molecular weight excluding hydrogens is 428 g/mol. The number of nitrogens with two attached hydrogens (primary N) is 2. The first-order chi connectivity index (χ1) is 16.5. The van der Waals surface area contributed by atoms with Crippen LogP contribution in [0.25, 0.3) is 21.5 Å². The largest absolute Gasteiger partial charge is 0.481 e. The van der Waals surface area contributed by atoms with E-state index in [1.165, 1.54) is 0 Å². The molecule has 0 aliphatic heterocycles. The Kier molecular flexibility index (Phi) is 7.28. The van der Waals surface area contributed by atoms with Gasteiger partial charge in [0.1, 0.15) is 11.5 Å². The van der Waals surface area contributed by atoms with Gasteiger partial charge in [0.05, 0.1) is 0 Å². The van der Waals surface area contributed by atoms with Crippen molar-refractivity contribution in [3.05, 3.63) is 84.9 Å². The van der Waals surface area contributed by atoms with Gasteiger partial charge >= 0.3 is 0 Å². The molecule has 6 heteroatoms. The van der Waals surface area contributed by atoms with Gasteiger partial charge in [-0.2, -0.15) is 0 Å². The second-order valence-corrected chi connectivity index (χ2v) is 8.32. The van der Waals surface area contributed by atoms with E-state index in [-0.39, 0.29) is 0 Å². The van der Waals surface area contributed by atoms with Gasteiger partial charge in [0.15, 0.2) is 12.2 Å². The van der Waals surface area contributed by atoms with Crippen molar-refractivity contribution in [3.63, 3.8) is 0 Å². The van der Waals surface area contributed by atoms with Crippen molar-refractivity contribution in [2.24, 2.45) is 11.5 Å². The molecule has 4 aromatic rings. The van der Waals surface area contributed by atoms with Gasteiger partial charge < -0.3 is 20.9 Å². The SMILES string of the molecule is NC(=O)C(CCCCC(Oc1ccc2ccccc2c1)C(N)=O)Oc1ccc2ccccc2c1. The number of benzene rings is 4. The van der Waals surface area contributed by atoms with Crippen LogP contribution in [0.1, 0.15) is 25.7 Å². The van der Waals surface area contributed by atoms with Gasteiger partial charge in [0.25, 0.3) is 11.8 Å². The number of unbranched alkanes of at least 4 members (excludes halogenated alkanes) is 1. The molecule has 0 radical (unpaired) electrons. The highest BCUT2D eigenvalue weighted by Gasteiger charge is 2.20. The van der Waals surface area contributed by atoms with Gasteiger partial charge in [-0.1, -0.05) is 60.7 Å². The van der Waals surface area contributed by atoms with Crippen molar-refractivity contribution >= 4 is 33.4 Å². The van der Waals surface area contributed by atoms with Gasteiger partial charge in [-0.25, -0.2) is 0 Å². The van der Waals surface area contributed by atoms with Crippen molar-refractivity contribution in [2.75, 3.05) is 0 Å². The fourth-order valence-corrected chi connectivity index (χ4v) is 3.99. The van der Waals surface area contributed by atoms with E-state index >= 15 is 0 Å². The van der Waals surface area contributed by atoms with E-state index in [0.29, 0.717) is 37.2 Å². The summed E-state index contributed by atoms with van der Waals surface area (Å²) in [6, 6.07) is 27.2. The topological polar surface area (TPSA) is 105 Å². The molecule has 2 atom stereocenters. The standard InChI is InChI=1S/C28H28N2O4/c29-27(31)25(33-23-15-13-19-7-1-3-9-21(19)17-23)11-5-6-12-26(28(30)32)34-24-16-14-20-8-2-4-10-22(20)18-24/h1-4,7-10,13-18,25-26H,5-6,11-12H2,(H2,29,31)(H2,30,32). The van der Waals surface area contributed by atoms with Gasteiger partial charge in [-0.15, -0.1) is 0 Å². The highest BCUT2D eigenvalue weighted by Crippen LogP contribution is 2.24. The molecule has 6 nitrogen and oxygen atoms in total. The average molecular weight is 457 g/mol. The number of rotatable bonds is 11. The second kappa shape index (κ2) is 10.7. The minimum atomic E-state index is -0.755. The molecule has 0 aliphatic rings. The van der Waals surface area contributed by atoms with E-state index < -0.39 is 24.0 Å². The number of carbonyl (C=O) groups is 2. The predicted molar refractivity (Wildman–Crippen MR) is 134 cm³/mol. The number of carbonyl (C=O) groups excluding carboxylic acids is 2. The minimum Gasteiger partial charge on any atom is -0.481 e. The van der Waals surface area contributed by atoms with Crippen LogP contribution in [0, 0.1) is 0 Å². The van der Waals surface area contributed by atoms with Crippen molar-refractivity contribution in [1.29, 1.82) is 0 Å². The monoisotopic (exact) mass is 456 g/mol. The van der Waals surface area contributed by atoms with E-state index in [4.69, 9.17) is 20.9 Å². The van der Waals surface area contributed by atoms with E-state index in [9.17, 15) is 9.59 Å². The van der Waals surface area contributed by atoms with Crippen LogP contribution in [-0.4, -0.2) is 24.0 Å². The third kappa shape index (κ3) is 5.84. The Hall–Kier alpha value is -4.06. The minimum absolute atomic E-state index is 0.434. The fourth-order valence-electron chi connectivity index (χ4n) is 3.99. The van der Waals surface area contributed by atoms with Crippen molar-refractivity contribution < 1.29 is 19.1 Å². The molecule has 2 amide bonds. The summed E-state index contributed by atoms with van der Waals surface area (Å²) < 4.78 is 11.8. The second-order valence-electron chi connectivity index (χ2n) is 8.32. The molecule has 0 aromatic heterocycles. The van der Waals surface area contributed by atoms with Gasteiger partial charge in [-0.3, -0.25) is 9.59 Å². The molecule has 0 spiro atoms. The van der Waals surface area contributed by atoms with Crippen LogP contribution in [0.2, 0.25) is 0 Å². The molecule has 0 heterocycles. The zero-order valence-electron chi connectivity index (χ0n) is 18.9. The lowest BCUT2D eigenvalue weighted by Crippen LogP contribution is -2.35. The number of ether oxygens (including phenoxy) is 2. The highest BCUT2D eigenvalue weighted by molar-refractivity contribution is 5.85. The first-order valence-corrected chi connectivity index (χ1v) is 11.4. The van der Waals surface area contributed by atoms with Crippen LogP contribution in [-0.2, 0) is 9.59 Å². The lowest BCUT2D eigenvalue weighted by atomic mass is 10.1. The van der Waals surface area contributed by atoms with Crippen LogP contribution in [0.5, 0.6) is 11.5 Å². The summed E-state index contributed by atoms with van der Waals surface area (Å²) in [6.45, 7) is 0. The zero-order valence-corrected chi connectivity index (χ0v) is 18.9. The summed E-state index contributed by atoms with van der Waals surface area (Å²) in [4.78, 5) is 23.9. The molecule has 0 saturated carbocycles. The first-order valence-electron chi connectivity index (χ1n) is 11.4. The third-order valence-electron chi connectivity index (χ3n) is 5.82. The Morgan fingerprint density at radius 1 is 0.588 bits per heavy atom. The van der Waals surface area contributed by atoms with Gasteiger partial charge in [0, 0.05) is 0 Å². The fraction of sp³-hybridized carbons (Fsp3) is 0.214. The number of primary amides is 2. The van der Waals surface area contributed by atoms with E-state index in [1.807, 2.05) is 84.9 Å². The maximum atomic E-state index is 12.0. The maximum absolute atomic E-state index is 12.0. The lowest BCUT2D eigenvalue weighted by molar-refractivity contribution is -0.126. The molecule has 174 valence electrons. The van der Waals surface area contributed by atoms with Crippen LogP contribution in [0.15, 0.2) is 84.9 Å². The Morgan fingerprint density at radius 3 is 1.35 bits per heavy atom. The quantitative estimate of drug-likeness (QED) is 0.319. The summed E-state index contributed by atoms with van der Waals surface area (Å²) in [6.07, 6.45) is 0.620. The molecule has 0 bridgehead atoms. The average Bonchev–Trinajstić information content (AvgIpc) is 2.84. The molecular formula is C28H28N2O4. The third-order valence-corrected chi connectivity index (χ3v) is 5.82. The molecule has 4 aromatic carbocycles.